The maximum Gasteiger partial charge on any atom is 0.177 e. The first-order valence-electron chi connectivity index (χ1n) is 4.38. The lowest BCUT2D eigenvalue weighted by Gasteiger charge is -2.05. The van der Waals surface area contributed by atoms with Gasteiger partial charge in [-0.25, -0.2) is 8.42 Å². The molecule has 0 aliphatic carbocycles. The highest BCUT2D eigenvalue weighted by Gasteiger charge is 2.14. The van der Waals surface area contributed by atoms with E-state index in [4.69, 9.17) is 4.74 Å². The summed E-state index contributed by atoms with van der Waals surface area (Å²) in [5, 5.41) is 0. The van der Waals surface area contributed by atoms with Gasteiger partial charge in [-0.1, -0.05) is 0 Å². The molecule has 0 N–H and O–H groups in total. The van der Waals surface area contributed by atoms with Gasteiger partial charge in [-0.05, 0) is 34.1 Å². The Bertz CT molecular complexity index is 508. The van der Waals surface area contributed by atoms with E-state index in [0.29, 0.717) is 15.8 Å². The highest BCUT2D eigenvalue weighted by Crippen LogP contribution is 2.25. The van der Waals surface area contributed by atoms with Crippen LogP contribution in [-0.4, -0.2) is 33.3 Å². The number of benzene rings is 1. The van der Waals surface area contributed by atoms with Gasteiger partial charge < -0.3 is 4.74 Å². The molecule has 16 heavy (non-hydrogen) atoms. The zero-order valence-corrected chi connectivity index (χ0v) is 11.3. The van der Waals surface area contributed by atoms with Gasteiger partial charge in [-0.2, -0.15) is 0 Å². The molecule has 0 unspecified atom stereocenters. The number of carbonyl (C=O) groups is 1. The molecule has 1 aromatic carbocycles. The molecule has 0 saturated heterocycles. The normalized spacial score (nSPS) is 11.2. The molecule has 1 rings (SSSR count). The molecule has 0 fully saturated rings. The Balaban J connectivity index is 3.01. The van der Waals surface area contributed by atoms with Crippen molar-refractivity contribution < 1.29 is 17.9 Å². The van der Waals surface area contributed by atoms with Crippen molar-refractivity contribution in [2.45, 2.75) is 0 Å². The van der Waals surface area contributed by atoms with Crippen LogP contribution in [0.25, 0.3) is 0 Å². The van der Waals surface area contributed by atoms with Gasteiger partial charge >= 0.3 is 0 Å². The molecule has 6 heteroatoms. The minimum Gasteiger partial charge on any atom is -0.496 e. The van der Waals surface area contributed by atoms with Gasteiger partial charge in [0.1, 0.15) is 11.5 Å². The number of Topliss-reactive ketones (excluding diaryl/α,β-unsaturated/α-hetero) is 1. The molecule has 0 spiro atoms. The lowest BCUT2D eigenvalue weighted by molar-refractivity contribution is 0.102. The predicted molar refractivity (Wildman–Crippen MR) is 64.7 cm³/mol. The van der Waals surface area contributed by atoms with Crippen LogP contribution in [0.3, 0.4) is 0 Å². The minimum atomic E-state index is -3.30. The highest BCUT2D eigenvalue weighted by atomic mass is 79.9. The van der Waals surface area contributed by atoms with Gasteiger partial charge in [0, 0.05) is 11.8 Å². The second-order valence-electron chi connectivity index (χ2n) is 3.34. The summed E-state index contributed by atoms with van der Waals surface area (Å²) in [4.78, 5) is 11.6. The molecule has 0 heterocycles. The Kier molecular flexibility index (Phi) is 4.09. The first-order valence-corrected chi connectivity index (χ1v) is 7.23. The van der Waals surface area contributed by atoms with Crippen molar-refractivity contribution in [3.05, 3.63) is 28.2 Å². The molecule has 0 aliphatic rings. The smallest absolute Gasteiger partial charge is 0.177 e. The summed E-state index contributed by atoms with van der Waals surface area (Å²) < 4.78 is 27.7. The number of carbonyl (C=O) groups excluding carboxylic acids is 1. The van der Waals surface area contributed by atoms with Crippen LogP contribution in [0.5, 0.6) is 5.75 Å². The summed E-state index contributed by atoms with van der Waals surface area (Å²) in [5.41, 5.74) is 0.325. The Labute approximate surface area is 103 Å². The Morgan fingerprint density at radius 3 is 2.56 bits per heavy atom. The van der Waals surface area contributed by atoms with E-state index in [2.05, 4.69) is 15.9 Å². The number of hydrogen-bond acceptors (Lipinski definition) is 4. The zero-order chi connectivity index (χ0) is 12.3. The van der Waals surface area contributed by atoms with Crippen LogP contribution in [0.2, 0.25) is 0 Å². The third-order valence-electron chi connectivity index (χ3n) is 1.87. The Morgan fingerprint density at radius 1 is 1.44 bits per heavy atom. The standard InChI is InChI=1S/C10H11BrO4S/c1-15-10-5-7(3-4-8(10)11)9(12)6-16(2,13)14/h3-5H,6H2,1-2H3. The molecule has 0 saturated carbocycles. The number of hydrogen-bond donors (Lipinski definition) is 0. The maximum absolute atomic E-state index is 11.6. The predicted octanol–water partition coefficient (Wildman–Crippen LogP) is 1.68. The quantitative estimate of drug-likeness (QED) is 0.794. The number of ether oxygens (including phenoxy) is 1. The summed E-state index contributed by atoms with van der Waals surface area (Å²) in [5.74, 6) is -0.426. The molecule has 0 bridgehead atoms. The van der Waals surface area contributed by atoms with Crippen LogP contribution in [0.4, 0.5) is 0 Å². The minimum absolute atomic E-state index is 0.325. The second kappa shape index (κ2) is 4.97. The van der Waals surface area contributed by atoms with Crippen LogP contribution in [0, 0.1) is 0 Å². The zero-order valence-electron chi connectivity index (χ0n) is 8.86. The molecule has 0 aliphatic heterocycles. The summed E-state index contributed by atoms with van der Waals surface area (Å²) in [6.07, 6.45) is 1.03. The van der Waals surface area contributed by atoms with Crippen molar-refractivity contribution in [3.8, 4) is 5.75 Å². The second-order valence-corrected chi connectivity index (χ2v) is 6.34. The number of halogens is 1. The van der Waals surface area contributed by atoms with Gasteiger partial charge in [0.15, 0.2) is 15.6 Å². The van der Waals surface area contributed by atoms with Crippen molar-refractivity contribution in [3.63, 3.8) is 0 Å². The van der Waals surface area contributed by atoms with Crippen LogP contribution in [0.15, 0.2) is 22.7 Å². The van der Waals surface area contributed by atoms with Crippen LogP contribution < -0.4 is 4.74 Å². The molecule has 0 radical (unpaired) electrons. The van der Waals surface area contributed by atoms with E-state index in [1.807, 2.05) is 0 Å². The average Bonchev–Trinajstić information content (AvgIpc) is 2.15. The average molecular weight is 307 g/mol. The van der Waals surface area contributed by atoms with Crippen molar-refractivity contribution in [1.82, 2.24) is 0 Å². The summed E-state index contributed by atoms with van der Waals surface area (Å²) in [6.45, 7) is 0. The number of methoxy groups -OCH3 is 1. The molecule has 0 amide bonds. The molecule has 0 atom stereocenters. The van der Waals surface area contributed by atoms with E-state index in [1.54, 1.807) is 12.1 Å². The number of ketones is 1. The molecular weight excluding hydrogens is 296 g/mol. The van der Waals surface area contributed by atoms with Crippen LogP contribution >= 0.6 is 15.9 Å². The van der Waals surface area contributed by atoms with E-state index < -0.39 is 21.4 Å². The van der Waals surface area contributed by atoms with E-state index in [-0.39, 0.29) is 0 Å². The third-order valence-corrected chi connectivity index (χ3v) is 3.31. The Hall–Kier alpha value is -0.880. The number of rotatable bonds is 4. The molecular formula is C10H11BrO4S. The van der Waals surface area contributed by atoms with E-state index in [9.17, 15) is 13.2 Å². The molecule has 0 aromatic heterocycles. The van der Waals surface area contributed by atoms with Crippen molar-refractivity contribution >= 4 is 31.6 Å². The topological polar surface area (TPSA) is 60.4 Å². The van der Waals surface area contributed by atoms with Crippen molar-refractivity contribution in [2.75, 3.05) is 19.1 Å². The van der Waals surface area contributed by atoms with E-state index in [1.165, 1.54) is 13.2 Å². The number of sulfone groups is 1. The van der Waals surface area contributed by atoms with Crippen molar-refractivity contribution in [1.29, 1.82) is 0 Å². The third kappa shape index (κ3) is 3.61. The van der Waals surface area contributed by atoms with Crippen molar-refractivity contribution in [2.24, 2.45) is 0 Å². The molecule has 1 aromatic rings. The highest BCUT2D eigenvalue weighted by molar-refractivity contribution is 9.10. The maximum atomic E-state index is 11.6. The van der Waals surface area contributed by atoms with E-state index >= 15 is 0 Å². The fourth-order valence-electron chi connectivity index (χ4n) is 1.15. The van der Waals surface area contributed by atoms with Gasteiger partial charge in [-0.15, -0.1) is 0 Å². The van der Waals surface area contributed by atoms with Gasteiger partial charge in [0.2, 0.25) is 0 Å². The molecule has 4 nitrogen and oxygen atoms in total. The van der Waals surface area contributed by atoms with Gasteiger partial charge in [0.25, 0.3) is 0 Å². The monoisotopic (exact) mass is 306 g/mol. The van der Waals surface area contributed by atoms with Gasteiger partial charge in [0.05, 0.1) is 11.6 Å². The van der Waals surface area contributed by atoms with E-state index in [0.717, 1.165) is 6.26 Å². The lowest BCUT2D eigenvalue weighted by Crippen LogP contribution is -2.14. The SMILES string of the molecule is COc1cc(C(=O)CS(C)(=O)=O)ccc1Br. The molecule has 88 valence electrons. The fraction of sp³-hybridized carbons (Fsp3) is 0.300. The first kappa shape index (κ1) is 13.2. The van der Waals surface area contributed by atoms with Crippen LogP contribution in [0.1, 0.15) is 10.4 Å². The summed E-state index contributed by atoms with van der Waals surface area (Å²) >= 11 is 3.25. The summed E-state index contributed by atoms with van der Waals surface area (Å²) in [6, 6.07) is 4.71. The van der Waals surface area contributed by atoms with Crippen LogP contribution in [-0.2, 0) is 9.84 Å². The summed E-state index contributed by atoms with van der Waals surface area (Å²) in [7, 11) is -1.83. The van der Waals surface area contributed by atoms with Gasteiger partial charge in [-0.3, -0.25) is 4.79 Å². The fourth-order valence-corrected chi connectivity index (χ4v) is 2.21. The lowest BCUT2D eigenvalue weighted by atomic mass is 10.1. The first-order chi connectivity index (χ1) is 7.33. The Morgan fingerprint density at radius 2 is 2.06 bits per heavy atom. The largest absolute Gasteiger partial charge is 0.496 e.